The molecule has 1 atom stereocenters. The summed E-state index contributed by atoms with van der Waals surface area (Å²) >= 11 is 0. The van der Waals surface area contributed by atoms with Crippen molar-refractivity contribution in [3.63, 3.8) is 0 Å². The molecule has 0 bridgehead atoms. The maximum absolute atomic E-state index is 8.77. The lowest BCUT2D eigenvalue weighted by Crippen LogP contribution is -2.26. The van der Waals surface area contributed by atoms with E-state index in [0.717, 1.165) is 5.56 Å². The standard InChI is InChI=1S/C11H18N4O2/c1-8(3-5-16)14-7-9-2-4-13-10(6-9)11(12)15-17/h2,4,6,8,14,16-17H,3,5,7H2,1H3,(H2,12,15). The van der Waals surface area contributed by atoms with Gasteiger partial charge in [-0.25, -0.2) is 0 Å². The predicted molar refractivity (Wildman–Crippen MR) is 64.8 cm³/mol. The number of hydrogen-bond donors (Lipinski definition) is 4. The Bertz CT molecular complexity index is 381. The van der Waals surface area contributed by atoms with Crippen molar-refractivity contribution in [3.8, 4) is 0 Å². The number of aromatic nitrogens is 1. The fraction of sp³-hybridized carbons (Fsp3) is 0.455. The van der Waals surface area contributed by atoms with Gasteiger partial charge in [-0.3, -0.25) is 4.98 Å². The maximum Gasteiger partial charge on any atom is 0.188 e. The summed E-state index contributed by atoms with van der Waals surface area (Å²) in [6.07, 6.45) is 2.32. The molecule has 0 saturated carbocycles. The maximum atomic E-state index is 8.77. The normalized spacial score (nSPS) is 13.6. The second-order valence-electron chi connectivity index (χ2n) is 3.83. The molecule has 0 aliphatic carbocycles. The van der Waals surface area contributed by atoms with E-state index in [2.05, 4.69) is 15.5 Å². The third-order valence-electron chi connectivity index (χ3n) is 2.41. The van der Waals surface area contributed by atoms with Crippen molar-refractivity contribution >= 4 is 5.84 Å². The molecule has 1 aromatic rings. The van der Waals surface area contributed by atoms with Crippen LogP contribution in [0.3, 0.4) is 0 Å². The number of nitrogens with two attached hydrogens (primary N) is 1. The zero-order valence-electron chi connectivity index (χ0n) is 9.80. The van der Waals surface area contributed by atoms with Crippen LogP contribution in [0, 0.1) is 0 Å². The lowest BCUT2D eigenvalue weighted by molar-refractivity contribution is 0.268. The first kappa shape index (κ1) is 13.4. The molecule has 17 heavy (non-hydrogen) atoms. The molecule has 0 aromatic carbocycles. The SMILES string of the molecule is CC(CCO)NCc1ccnc(/C(N)=N/O)c1. The minimum atomic E-state index is -0.00439. The number of hydrogen-bond acceptors (Lipinski definition) is 5. The Kier molecular flexibility index (Phi) is 5.38. The van der Waals surface area contributed by atoms with Crippen LogP contribution in [0.25, 0.3) is 0 Å². The van der Waals surface area contributed by atoms with Gasteiger partial charge in [-0.05, 0) is 31.0 Å². The topological polar surface area (TPSA) is 104 Å². The number of aliphatic hydroxyl groups is 1. The Morgan fingerprint density at radius 3 is 3.06 bits per heavy atom. The molecule has 6 heteroatoms. The Hall–Kier alpha value is -1.66. The van der Waals surface area contributed by atoms with Crippen molar-refractivity contribution in [1.82, 2.24) is 10.3 Å². The summed E-state index contributed by atoms with van der Waals surface area (Å²) in [4.78, 5) is 3.99. The van der Waals surface area contributed by atoms with Crippen LogP contribution in [-0.4, -0.2) is 33.8 Å². The summed E-state index contributed by atoms with van der Waals surface area (Å²) in [6.45, 7) is 2.82. The van der Waals surface area contributed by atoms with Gasteiger partial charge in [0.15, 0.2) is 5.84 Å². The van der Waals surface area contributed by atoms with E-state index >= 15 is 0 Å². The third kappa shape index (κ3) is 4.38. The van der Waals surface area contributed by atoms with E-state index < -0.39 is 0 Å². The highest BCUT2D eigenvalue weighted by atomic mass is 16.4. The molecular weight excluding hydrogens is 220 g/mol. The smallest absolute Gasteiger partial charge is 0.188 e. The van der Waals surface area contributed by atoms with Crippen molar-refractivity contribution in [1.29, 1.82) is 0 Å². The monoisotopic (exact) mass is 238 g/mol. The molecule has 1 unspecified atom stereocenters. The van der Waals surface area contributed by atoms with E-state index in [9.17, 15) is 0 Å². The van der Waals surface area contributed by atoms with Gasteiger partial charge in [0.1, 0.15) is 5.69 Å². The molecule has 0 radical (unpaired) electrons. The summed E-state index contributed by atoms with van der Waals surface area (Å²) in [5, 5.41) is 23.5. The van der Waals surface area contributed by atoms with E-state index in [1.807, 2.05) is 13.0 Å². The van der Waals surface area contributed by atoms with E-state index in [4.69, 9.17) is 16.0 Å². The average molecular weight is 238 g/mol. The highest BCUT2D eigenvalue weighted by Gasteiger charge is 2.04. The van der Waals surface area contributed by atoms with Crippen LogP contribution in [0.1, 0.15) is 24.6 Å². The Morgan fingerprint density at radius 2 is 2.41 bits per heavy atom. The second kappa shape index (κ2) is 6.82. The zero-order chi connectivity index (χ0) is 12.7. The first-order valence-electron chi connectivity index (χ1n) is 5.44. The summed E-state index contributed by atoms with van der Waals surface area (Å²) in [5.74, 6) is -0.00439. The van der Waals surface area contributed by atoms with E-state index in [0.29, 0.717) is 18.7 Å². The van der Waals surface area contributed by atoms with Gasteiger partial charge in [0.05, 0.1) is 0 Å². The van der Waals surface area contributed by atoms with Gasteiger partial charge >= 0.3 is 0 Å². The Morgan fingerprint density at radius 1 is 1.65 bits per heavy atom. The van der Waals surface area contributed by atoms with Crippen LogP contribution in [0.15, 0.2) is 23.5 Å². The molecule has 1 rings (SSSR count). The minimum Gasteiger partial charge on any atom is -0.409 e. The number of pyridine rings is 1. The van der Waals surface area contributed by atoms with Gasteiger partial charge < -0.3 is 21.4 Å². The lowest BCUT2D eigenvalue weighted by Gasteiger charge is -2.12. The molecule has 0 fully saturated rings. The van der Waals surface area contributed by atoms with Gasteiger partial charge in [-0.2, -0.15) is 0 Å². The lowest BCUT2D eigenvalue weighted by atomic mass is 10.2. The second-order valence-corrected chi connectivity index (χ2v) is 3.83. The number of nitrogens with one attached hydrogen (secondary N) is 1. The van der Waals surface area contributed by atoms with E-state index in [1.165, 1.54) is 0 Å². The predicted octanol–water partition coefficient (Wildman–Crippen LogP) is 0.0366. The molecule has 1 heterocycles. The van der Waals surface area contributed by atoms with Crippen molar-refractivity contribution in [2.24, 2.45) is 10.9 Å². The molecule has 5 N–H and O–H groups in total. The molecule has 0 spiro atoms. The molecule has 6 nitrogen and oxygen atoms in total. The first-order chi connectivity index (χ1) is 8.17. The van der Waals surface area contributed by atoms with Crippen LogP contribution in [0.4, 0.5) is 0 Å². The molecular formula is C11H18N4O2. The summed E-state index contributed by atoms with van der Waals surface area (Å²) in [6, 6.07) is 3.85. The Balaban J connectivity index is 2.60. The zero-order valence-corrected chi connectivity index (χ0v) is 9.80. The van der Waals surface area contributed by atoms with Crippen molar-refractivity contribution < 1.29 is 10.3 Å². The van der Waals surface area contributed by atoms with Gasteiger partial charge in [0.2, 0.25) is 0 Å². The van der Waals surface area contributed by atoms with Gasteiger partial charge in [0, 0.05) is 25.4 Å². The number of oxime groups is 1. The van der Waals surface area contributed by atoms with Crippen LogP contribution in [-0.2, 0) is 6.54 Å². The quantitative estimate of drug-likeness (QED) is 0.242. The number of amidine groups is 1. The molecule has 0 amide bonds. The number of nitrogens with zero attached hydrogens (tertiary/aromatic N) is 2. The molecule has 0 aliphatic heterocycles. The van der Waals surface area contributed by atoms with E-state index in [-0.39, 0.29) is 18.5 Å². The Labute approximate surface area is 100 Å². The molecule has 1 aromatic heterocycles. The summed E-state index contributed by atoms with van der Waals surface area (Å²) < 4.78 is 0. The van der Waals surface area contributed by atoms with Crippen LogP contribution in [0.2, 0.25) is 0 Å². The largest absolute Gasteiger partial charge is 0.409 e. The average Bonchev–Trinajstić information content (AvgIpc) is 2.36. The van der Waals surface area contributed by atoms with Gasteiger partial charge in [-0.15, -0.1) is 0 Å². The van der Waals surface area contributed by atoms with Gasteiger partial charge in [0.25, 0.3) is 0 Å². The molecule has 94 valence electrons. The van der Waals surface area contributed by atoms with E-state index in [1.54, 1.807) is 12.3 Å². The first-order valence-corrected chi connectivity index (χ1v) is 5.44. The number of aliphatic hydroxyl groups excluding tert-OH is 1. The summed E-state index contributed by atoms with van der Waals surface area (Å²) in [5.41, 5.74) is 6.89. The fourth-order valence-electron chi connectivity index (χ4n) is 1.36. The van der Waals surface area contributed by atoms with Crippen LogP contribution in [0.5, 0.6) is 0 Å². The fourth-order valence-corrected chi connectivity index (χ4v) is 1.36. The minimum absolute atomic E-state index is 0.00439. The third-order valence-corrected chi connectivity index (χ3v) is 2.41. The van der Waals surface area contributed by atoms with Crippen LogP contribution >= 0.6 is 0 Å². The van der Waals surface area contributed by atoms with Crippen molar-refractivity contribution in [2.45, 2.75) is 25.9 Å². The van der Waals surface area contributed by atoms with Crippen molar-refractivity contribution in [3.05, 3.63) is 29.6 Å². The van der Waals surface area contributed by atoms with Crippen LogP contribution < -0.4 is 11.1 Å². The number of rotatable bonds is 6. The highest BCUT2D eigenvalue weighted by Crippen LogP contribution is 2.02. The molecule has 0 aliphatic rings. The van der Waals surface area contributed by atoms with Crippen molar-refractivity contribution in [2.75, 3.05) is 6.61 Å². The molecule has 0 saturated heterocycles. The summed E-state index contributed by atoms with van der Waals surface area (Å²) in [7, 11) is 0. The van der Waals surface area contributed by atoms with Gasteiger partial charge in [-0.1, -0.05) is 5.16 Å². The highest BCUT2D eigenvalue weighted by molar-refractivity contribution is 5.95.